The zero-order valence-electron chi connectivity index (χ0n) is 10.9. The topological polar surface area (TPSA) is 70.5 Å². The number of ether oxygens (including phenoxy) is 2. The Labute approximate surface area is 112 Å². The maximum atomic E-state index is 5.78. The van der Waals surface area contributed by atoms with Gasteiger partial charge >= 0.3 is 0 Å². The third-order valence-electron chi connectivity index (χ3n) is 2.60. The number of para-hydroxylation sites is 2. The first kappa shape index (κ1) is 13.1. The van der Waals surface area contributed by atoms with Crippen molar-refractivity contribution in [1.29, 1.82) is 0 Å². The van der Waals surface area contributed by atoms with Crippen LogP contribution in [0.4, 0.5) is 11.4 Å². The van der Waals surface area contributed by atoms with E-state index in [0.717, 1.165) is 12.2 Å². The monoisotopic (exact) mass is 258 g/mol. The van der Waals surface area contributed by atoms with Gasteiger partial charge in [0.2, 0.25) is 0 Å². The molecule has 0 amide bonds. The summed E-state index contributed by atoms with van der Waals surface area (Å²) in [5.41, 5.74) is 12.5. The van der Waals surface area contributed by atoms with Gasteiger partial charge in [0.1, 0.15) is 5.75 Å². The Hall–Kier alpha value is -2.36. The molecule has 0 atom stereocenters. The maximum absolute atomic E-state index is 5.78. The van der Waals surface area contributed by atoms with Gasteiger partial charge in [0.05, 0.1) is 18.0 Å². The van der Waals surface area contributed by atoms with E-state index < -0.39 is 0 Å². The molecule has 2 aromatic carbocycles. The van der Waals surface area contributed by atoms with Crippen molar-refractivity contribution < 1.29 is 9.47 Å². The number of nitrogen functional groups attached to an aromatic ring is 2. The summed E-state index contributed by atoms with van der Waals surface area (Å²) in [4.78, 5) is 0. The summed E-state index contributed by atoms with van der Waals surface area (Å²) in [5, 5.41) is 0. The summed E-state index contributed by atoms with van der Waals surface area (Å²) in [5.74, 6) is 2.03. The van der Waals surface area contributed by atoms with Crippen LogP contribution in [-0.2, 0) is 0 Å². The normalized spacial score (nSPS) is 10.2. The van der Waals surface area contributed by atoms with Crippen LogP contribution in [0.15, 0.2) is 42.5 Å². The number of rotatable bonds is 5. The molecule has 0 aliphatic heterocycles. The molecular formula is C15H18N2O2. The van der Waals surface area contributed by atoms with Crippen LogP contribution < -0.4 is 20.9 Å². The number of benzene rings is 2. The number of hydrogen-bond acceptors (Lipinski definition) is 4. The van der Waals surface area contributed by atoms with Gasteiger partial charge in [0.25, 0.3) is 0 Å². The van der Waals surface area contributed by atoms with Crippen molar-refractivity contribution in [2.75, 3.05) is 18.1 Å². The zero-order chi connectivity index (χ0) is 13.7. The first-order chi connectivity index (χ1) is 9.20. The van der Waals surface area contributed by atoms with Gasteiger partial charge in [-0.2, -0.15) is 0 Å². The van der Waals surface area contributed by atoms with Gasteiger partial charge in [-0.15, -0.1) is 0 Å². The highest BCUT2D eigenvalue weighted by Gasteiger charge is 2.06. The molecule has 0 radical (unpaired) electrons. The molecule has 0 fully saturated rings. The van der Waals surface area contributed by atoms with E-state index in [0.29, 0.717) is 29.5 Å². The third kappa shape index (κ3) is 3.31. The molecular weight excluding hydrogens is 240 g/mol. The van der Waals surface area contributed by atoms with Crippen LogP contribution in [0, 0.1) is 0 Å². The molecule has 0 unspecified atom stereocenters. The van der Waals surface area contributed by atoms with E-state index in [1.54, 1.807) is 18.2 Å². The fourth-order valence-corrected chi connectivity index (χ4v) is 1.61. The first-order valence-electron chi connectivity index (χ1n) is 6.25. The second kappa shape index (κ2) is 6.00. The van der Waals surface area contributed by atoms with Crippen molar-refractivity contribution in [2.24, 2.45) is 0 Å². The molecule has 2 rings (SSSR count). The van der Waals surface area contributed by atoms with Crippen LogP contribution in [0.5, 0.6) is 17.2 Å². The van der Waals surface area contributed by atoms with E-state index in [4.69, 9.17) is 20.9 Å². The van der Waals surface area contributed by atoms with Crippen LogP contribution in [0.1, 0.15) is 13.3 Å². The van der Waals surface area contributed by atoms with E-state index in [2.05, 4.69) is 6.92 Å². The van der Waals surface area contributed by atoms with Crippen LogP contribution in [-0.4, -0.2) is 6.61 Å². The second-order valence-electron chi connectivity index (χ2n) is 4.19. The van der Waals surface area contributed by atoms with Crippen LogP contribution >= 0.6 is 0 Å². The summed E-state index contributed by atoms with van der Waals surface area (Å²) in [6, 6.07) is 12.8. The molecule has 0 aromatic heterocycles. The molecule has 2 aromatic rings. The smallest absolute Gasteiger partial charge is 0.169 e. The minimum Gasteiger partial charge on any atom is -0.490 e. The van der Waals surface area contributed by atoms with Gasteiger partial charge in [-0.3, -0.25) is 0 Å². The molecule has 0 bridgehead atoms. The lowest BCUT2D eigenvalue weighted by molar-refractivity contribution is 0.302. The Morgan fingerprint density at radius 2 is 1.68 bits per heavy atom. The molecule has 0 aliphatic rings. The minimum atomic E-state index is 0.504. The number of anilines is 2. The van der Waals surface area contributed by atoms with E-state index in [1.165, 1.54) is 0 Å². The third-order valence-corrected chi connectivity index (χ3v) is 2.60. The van der Waals surface area contributed by atoms with Crippen molar-refractivity contribution in [2.45, 2.75) is 13.3 Å². The summed E-state index contributed by atoms with van der Waals surface area (Å²) >= 11 is 0. The molecule has 0 saturated carbocycles. The van der Waals surface area contributed by atoms with Crippen molar-refractivity contribution >= 4 is 11.4 Å². The van der Waals surface area contributed by atoms with E-state index in [9.17, 15) is 0 Å². The van der Waals surface area contributed by atoms with Crippen LogP contribution in [0.25, 0.3) is 0 Å². The Balaban J connectivity index is 2.20. The number of nitrogens with two attached hydrogens (primary N) is 2. The summed E-state index contributed by atoms with van der Waals surface area (Å²) in [7, 11) is 0. The molecule has 0 aliphatic carbocycles. The van der Waals surface area contributed by atoms with Gasteiger partial charge in [0.15, 0.2) is 11.5 Å². The molecule has 4 heteroatoms. The van der Waals surface area contributed by atoms with Gasteiger partial charge < -0.3 is 20.9 Å². The Bertz CT molecular complexity index is 556. The fraction of sp³-hybridized carbons (Fsp3) is 0.200. The Morgan fingerprint density at radius 1 is 0.947 bits per heavy atom. The largest absolute Gasteiger partial charge is 0.490 e. The van der Waals surface area contributed by atoms with E-state index in [-0.39, 0.29) is 0 Å². The predicted octanol–water partition coefficient (Wildman–Crippen LogP) is 3.43. The first-order valence-corrected chi connectivity index (χ1v) is 6.25. The Kier molecular flexibility index (Phi) is 4.13. The summed E-state index contributed by atoms with van der Waals surface area (Å²) < 4.78 is 11.4. The van der Waals surface area contributed by atoms with Gasteiger partial charge in [-0.05, 0) is 30.7 Å². The lowest BCUT2D eigenvalue weighted by Gasteiger charge is -2.12. The fourth-order valence-electron chi connectivity index (χ4n) is 1.61. The van der Waals surface area contributed by atoms with Crippen LogP contribution in [0.3, 0.4) is 0 Å². The van der Waals surface area contributed by atoms with E-state index >= 15 is 0 Å². The highest BCUT2D eigenvalue weighted by molar-refractivity contribution is 5.65. The van der Waals surface area contributed by atoms with Crippen LogP contribution in [0.2, 0.25) is 0 Å². The van der Waals surface area contributed by atoms with E-state index in [1.807, 2.05) is 24.3 Å². The average molecular weight is 258 g/mol. The van der Waals surface area contributed by atoms with Crippen molar-refractivity contribution in [1.82, 2.24) is 0 Å². The minimum absolute atomic E-state index is 0.504. The lowest BCUT2D eigenvalue weighted by Crippen LogP contribution is -1.98. The van der Waals surface area contributed by atoms with Crippen molar-refractivity contribution in [3.05, 3.63) is 42.5 Å². The van der Waals surface area contributed by atoms with Gasteiger partial charge in [0, 0.05) is 6.07 Å². The highest BCUT2D eigenvalue weighted by Crippen LogP contribution is 2.33. The molecule has 100 valence electrons. The summed E-state index contributed by atoms with van der Waals surface area (Å²) in [6.07, 6.45) is 0.948. The SMILES string of the molecule is CCCOc1ccccc1Oc1ccc(N)c(N)c1. The standard InChI is InChI=1S/C15H18N2O2/c1-2-9-18-14-5-3-4-6-15(14)19-11-7-8-12(16)13(17)10-11/h3-8,10H,2,9,16-17H2,1H3. The average Bonchev–Trinajstić information content (AvgIpc) is 2.42. The van der Waals surface area contributed by atoms with Gasteiger partial charge in [-0.25, -0.2) is 0 Å². The second-order valence-corrected chi connectivity index (χ2v) is 4.19. The summed E-state index contributed by atoms with van der Waals surface area (Å²) in [6.45, 7) is 2.72. The predicted molar refractivity (Wildman–Crippen MR) is 77.6 cm³/mol. The molecule has 0 saturated heterocycles. The molecule has 0 heterocycles. The maximum Gasteiger partial charge on any atom is 0.169 e. The zero-order valence-corrected chi connectivity index (χ0v) is 10.9. The number of hydrogen-bond donors (Lipinski definition) is 2. The molecule has 4 N–H and O–H groups in total. The van der Waals surface area contributed by atoms with Crippen molar-refractivity contribution in [3.63, 3.8) is 0 Å². The molecule has 4 nitrogen and oxygen atoms in total. The Morgan fingerprint density at radius 3 is 2.37 bits per heavy atom. The lowest BCUT2D eigenvalue weighted by atomic mass is 10.2. The quantitative estimate of drug-likeness (QED) is 0.806. The molecule has 19 heavy (non-hydrogen) atoms. The van der Waals surface area contributed by atoms with Crippen molar-refractivity contribution in [3.8, 4) is 17.2 Å². The highest BCUT2D eigenvalue weighted by atomic mass is 16.5. The molecule has 0 spiro atoms. The van der Waals surface area contributed by atoms with Gasteiger partial charge in [-0.1, -0.05) is 19.1 Å².